The summed E-state index contributed by atoms with van der Waals surface area (Å²) in [6.07, 6.45) is 1.32. The van der Waals surface area contributed by atoms with Crippen LogP contribution in [0, 0.1) is 12.8 Å². The fraction of sp³-hybridized carbons (Fsp3) is 0.520. The fourth-order valence-electron chi connectivity index (χ4n) is 4.42. The van der Waals surface area contributed by atoms with E-state index in [9.17, 15) is 9.59 Å². The molecule has 1 atom stereocenters. The maximum atomic E-state index is 12.9. The molecule has 1 aromatic heterocycles. The quantitative estimate of drug-likeness (QED) is 0.658. The van der Waals surface area contributed by atoms with Gasteiger partial charge < -0.3 is 24.1 Å². The van der Waals surface area contributed by atoms with Crippen LogP contribution in [0.3, 0.4) is 0 Å². The van der Waals surface area contributed by atoms with Crippen LogP contribution in [0.25, 0.3) is 0 Å². The Morgan fingerprint density at radius 1 is 1.06 bits per heavy atom. The van der Waals surface area contributed by atoms with Gasteiger partial charge in [0.2, 0.25) is 5.91 Å². The Balaban J connectivity index is 1.24. The van der Waals surface area contributed by atoms with Crippen LogP contribution in [-0.2, 0) is 14.3 Å². The number of morpholine rings is 1. The van der Waals surface area contributed by atoms with Crippen LogP contribution in [-0.4, -0.2) is 74.2 Å². The van der Waals surface area contributed by atoms with E-state index in [-0.39, 0.29) is 30.4 Å². The molecule has 3 heterocycles. The number of nitrogens with one attached hydrogen (secondary N) is 1. The van der Waals surface area contributed by atoms with Crippen LogP contribution < -0.4 is 10.1 Å². The van der Waals surface area contributed by atoms with Crippen LogP contribution in [0.15, 0.2) is 46.9 Å². The summed E-state index contributed by atoms with van der Waals surface area (Å²) in [7, 11) is 0. The maximum absolute atomic E-state index is 12.9. The first-order valence-electron chi connectivity index (χ1n) is 11.7. The molecule has 0 aliphatic carbocycles. The smallest absolute Gasteiger partial charge is 0.260 e. The molecule has 0 saturated carbocycles. The number of carbonyl (C=O) groups is 2. The highest BCUT2D eigenvalue weighted by Crippen LogP contribution is 2.24. The van der Waals surface area contributed by atoms with Crippen molar-refractivity contribution in [1.82, 2.24) is 15.1 Å². The number of para-hydroxylation sites is 1. The van der Waals surface area contributed by atoms with Crippen molar-refractivity contribution in [2.75, 3.05) is 52.5 Å². The van der Waals surface area contributed by atoms with Crippen molar-refractivity contribution in [3.8, 4) is 5.75 Å². The number of hydrogen-bond acceptors (Lipinski definition) is 6. The average Bonchev–Trinajstić information content (AvgIpc) is 3.29. The number of piperidine rings is 1. The summed E-state index contributed by atoms with van der Waals surface area (Å²) in [4.78, 5) is 29.5. The summed E-state index contributed by atoms with van der Waals surface area (Å²) in [5, 5.41) is 3.14. The van der Waals surface area contributed by atoms with E-state index in [1.807, 2.05) is 49.4 Å². The summed E-state index contributed by atoms with van der Waals surface area (Å²) in [5.41, 5.74) is 0. The first-order valence-corrected chi connectivity index (χ1v) is 11.7. The number of aryl methyl sites for hydroxylation is 1. The van der Waals surface area contributed by atoms with Crippen molar-refractivity contribution in [2.45, 2.75) is 25.8 Å². The lowest BCUT2D eigenvalue weighted by Crippen LogP contribution is -2.47. The number of rotatable bonds is 8. The number of amides is 2. The van der Waals surface area contributed by atoms with Gasteiger partial charge in [0.25, 0.3) is 5.91 Å². The second kappa shape index (κ2) is 11.3. The lowest BCUT2D eigenvalue weighted by molar-refractivity contribution is -0.137. The third kappa shape index (κ3) is 6.36. The zero-order chi connectivity index (χ0) is 23.0. The molecule has 2 saturated heterocycles. The van der Waals surface area contributed by atoms with Crippen LogP contribution in [0.2, 0.25) is 0 Å². The van der Waals surface area contributed by atoms with Crippen molar-refractivity contribution in [1.29, 1.82) is 0 Å². The highest BCUT2D eigenvalue weighted by Gasteiger charge is 2.30. The average molecular weight is 456 g/mol. The summed E-state index contributed by atoms with van der Waals surface area (Å²) in [6.45, 7) is 6.57. The lowest BCUT2D eigenvalue weighted by Gasteiger charge is -2.34. The first kappa shape index (κ1) is 23.3. The normalized spacial score (nSPS) is 18.6. The molecule has 2 aliphatic rings. The number of carbonyl (C=O) groups excluding carboxylic acids is 2. The monoisotopic (exact) mass is 455 g/mol. The van der Waals surface area contributed by atoms with Crippen molar-refractivity contribution in [3.63, 3.8) is 0 Å². The minimum absolute atomic E-state index is 0.0108. The molecule has 2 fully saturated rings. The predicted molar refractivity (Wildman–Crippen MR) is 123 cm³/mol. The number of benzene rings is 1. The Labute approximate surface area is 194 Å². The number of nitrogens with zero attached hydrogens (tertiary/aromatic N) is 2. The molecule has 1 N–H and O–H groups in total. The molecule has 8 heteroatoms. The lowest BCUT2D eigenvalue weighted by atomic mass is 9.95. The van der Waals surface area contributed by atoms with E-state index >= 15 is 0 Å². The molecule has 0 spiro atoms. The van der Waals surface area contributed by atoms with Gasteiger partial charge in [0.15, 0.2) is 6.61 Å². The number of likely N-dealkylation sites (tertiary alicyclic amines) is 1. The minimum Gasteiger partial charge on any atom is -0.484 e. The van der Waals surface area contributed by atoms with Gasteiger partial charge in [0, 0.05) is 38.6 Å². The molecule has 8 nitrogen and oxygen atoms in total. The summed E-state index contributed by atoms with van der Waals surface area (Å²) < 4.78 is 16.9. The zero-order valence-corrected chi connectivity index (χ0v) is 19.2. The van der Waals surface area contributed by atoms with Gasteiger partial charge in [-0.1, -0.05) is 18.2 Å². The maximum Gasteiger partial charge on any atom is 0.260 e. The predicted octanol–water partition coefficient (Wildman–Crippen LogP) is 2.40. The summed E-state index contributed by atoms with van der Waals surface area (Å²) in [5.74, 6) is 2.33. The SMILES string of the molecule is Cc1ccc(C(CNC(=O)C2CCN(C(=O)COc3ccccc3)CC2)N2CCOCC2)o1. The van der Waals surface area contributed by atoms with Gasteiger partial charge in [0.05, 0.1) is 19.3 Å². The van der Waals surface area contributed by atoms with E-state index in [1.165, 1.54) is 0 Å². The second-order valence-electron chi connectivity index (χ2n) is 8.61. The van der Waals surface area contributed by atoms with Gasteiger partial charge in [-0.25, -0.2) is 0 Å². The van der Waals surface area contributed by atoms with Crippen molar-refractivity contribution in [2.24, 2.45) is 5.92 Å². The fourth-order valence-corrected chi connectivity index (χ4v) is 4.42. The molecular formula is C25H33N3O5. The molecule has 4 rings (SSSR count). The molecule has 33 heavy (non-hydrogen) atoms. The Bertz CT molecular complexity index is 902. The van der Waals surface area contributed by atoms with Crippen LogP contribution >= 0.6 is 0 Å². The Morgan fingerprint density at radius 2 is 1.79 bits per heavy atom. The van der Waals surface area contributed by atoms with E-state index in [0.717, 1.165) is 24.6 Å². The van der Waals surface area contributed by atoms with E-state index in [1.54, 1.807) is 4.90 Å². The first-order chi connectivity index (χ1) is 16.1. The van der Waals surface area contributed by atoms with Gasteiger partial charge in [0.1, 0.15) is 17.3 Å². The van der Waals surface area contributed by atoms with Gasteiger partial charge >= 0.3 is 0 Å². The third-order valence-corrected chi connectivity index (χ3v) is 6.37. The van der Waals surface area contributed by atoms with E-state index < -0.39 is 0 Å². The molecule has 0 bridgehead atoms. The van der Waals surface area contributed by atoms with Crippen LogP contribution in [0.1, 0.15) is 30.4 Å². The van der Waals surface area contributed by atoms with Gasteiger partial charge in [-0.15, -0.1) is 0 Å². The molecule has 2 aromatic rings. The van der Waals surface area contributed by atoms with E-state index in [2.05, 4.69) is 10.2 Å². The number of hydrogen-bond donors (Lipinski definition) is 1. The van der Waals surface area contributed by atoms with E-state index in [0.29, 0.717) is 51.4 Å². The summed E-state index contributed by atoms with van der Waals surface area (Å²) in [6, 6.07) is 13.3. The van der Waals surface area contributed by atoms with Crippen LogP contribution in [0.4, 0.5) is 0 Å². The Morgan fingerprint density at radius 3 is 2.45 bits per heavy atom. The molecule has 2 amide bonds. The largest absolute Gasteiger partial charge is 0.484 e. The highest BCUT2D eigenvalue weighted by atomic mass is 16.5. The zero-order valence-electron chi connectivity index (χ0n) is 19.2. The van der Waals surface area contributed by atoms with Gasteiger partial charge in [-0.05, 0) is 44.0 Å². The van der Waals surface area contributed by atoms with E-state index in [4.69, 9.17) is 13.9 Å². The van der Waals surface area contributed by atoms with Crippen molar-refractivity contribution < 1.29 is 23.5 Å². The molecule has 0 radical (unpaired) electrons. The second-order valence-corrected chi connectivity index (χ2v) is 8.61. The third-order valence-electron chi connectivity index (χ3n) is 6.37. The van der Waals surface area contributed by atoms with Gasteiger partial charge in [-0.3, -0.25) is 14.5 Å². The minimum atomic E-state index is -0.0900. The number of ether oxygens (including phenoxy) is 2. The summed E-state index contributed by atoms with van der Waals surface area (Å²) >= 11 is 0. The molecule has 178 valence electrons. The van der Waals surface area contributed by atoms with Crippen molar-refractivity contribution >= 4 is 11.8 Å². The Kier molecular flexibility index (Phi) is 8.01. The topological polar surface area (TPSA) is 84.2 Å². The molecule has 1 aromatic carbocycles. The molecule has 2 aliphatic heterocycles. The molecule has 1 unspecified atom stereocenters. The highest BCUT2D eigenvalue weighted by molar-refractivity contribution is 5.80. The molecular weight excluding hydrogens is 422 g/mol. The van der Waals surface area contributed by atoms with Gasteiger partial charge in [-0.2, -0.15) is 0 Å². The standard InChI is InChI=1S/C25H33N3O5/c1-19-7-8-23(33-19)22(27-13-15-31-16-14-27)17-26-25(30)20-9-11-28(12-10-20)24(29)18-32-21-5-3-2-4-6-21/h2-8,20,22H,9-18H2,1H3,(H,26,30). The van der Waals surface area contributed by atoms with Crippen molar-refractivity contribution in [3.05, 3.63) is 54.0 Å². The Hall–Kier alpha value is -2.84. The number of furan rings is 1. The van der Waals surface area contributed by atoms with Crippen LogP contribution in [0.5, 0.6) is 5.75 Å².